The third-order valence-electron chi connectivity index (χ3n) is 4.45. The van der Waals surface area contributed by atoms with Crippen molar-refractivity contribution >= 4 is 23.4 Å². The molecule has 2 aliphatic rings. The van der Waals surface area contributed by atoms with E-state index in [2.05, 4.69) is 53.8 Å². The van der Waals surface area contributed by atoms with E-state index in [0.717, 1.165) is 19.4 Å². The van der Waals surface area contributed by atoms with Gasteiger partial charge >= 0.3 is 0 Å². The van der Waals surface area contributed by atoms with Crippen LogP contribution in [0, 0.1) is 0 Å². The highest BCUT2D eigenvalue weighted by molar-refractivity contribution is 8.00. The molecule has 0 fully saturated rings. The standard InChI is InChI=1S/C18H18ClNS/c19-16-10-12-5-1-3-7-15(12)18(16)20-11-14-9-13-6-2-4-8-17(13)21-14/h1-8,14,16,18,20H,9-11H2. The smallest absolute Gasteiger partial charge is 0.0571 e. The highest BCUT2D eigenvalue weighted by atomic mass is 35.5. The van der Waals surface area contributed by atoms with Gasteiger partial charge in [0, 0.05) is 22.7 Å². The van der Waals surface area contributed by atoms with Crippen LogP contribution in [-0.2, 0) is 12.8 Å². The zero-order chi connectivity index (χ0) is 14.2. The monoisotopic (exact) mass is 315 g/mol. The van der Waals surface area contributed by atoms with Crippen LogP contribution in [0.25, 0.3) is 0 Å². The lowest BCUT2D eigenvalue weighted by molar-refractivity contribution is 0.532. The molecule has 2 aromatic rings. The van der Waals surface area contributed by atoms with Crippen LogP contribution in [0.2, 0.25) is 0 Å². The van der Waals surface area contributed by atoms with Crippen molar-refractivity contribution in [3.05, 3.63) is 65.2 Å². The largest absolute Gasteiger partial charge is 0.308 e. The Bertz CT molecular complexity index is 632. The average molecular weight is 316 g/mol. The lowest BCUT2D eigenvalue weighted by Gasteiger charge is -2.19. The molecule has 0 aromatic heterocycles. The quantitative estimate of drug-likeness (QED) is 0.852. The first-order valence-corrected chi connectivity index (χ1v) is 8.82. The number of nitrogens with one attached hydrogen (secondary N) is 1. The molecule has 2 aromatic carbocycles. The first-order chi connectivity index (χ1) is 10.3. The summed E-state index contributed by atoms with van der Waals surface area (Å²) in [4.78, 5) is 1.44. The summed E-state index contributed by atoms with van der Waals surface area (Å²) in [5.74, 6) is 0. The van der Waals surface area contributed by atoms with Gasteiger partial charge in [0.1, 0.15) is 0 Å². The molecule has 3 unspecified atom stereocenters. The molecule has 1 aliphatic heterocycles. The second-order valence-corrected chi connectivity index (χ2v) is 7.76. The van der Waals surface area contributed by atoms with Gasteiger partial charge in [0.25, 0.3) is 0 Å². The Kier molecular flexibility index (Phi) is 3.70. The molecule has 0 saturated heterocycles. The van der Waals surface area contributed by atoms with Crippen molar-refractivity contribution in [1.82, 2.24) is 5.32 Å². The van der Waals surface area contributed by atoms with Crippen LogP contribution < -0.4 is 5.32 Å². The maximum atomic E-state index is 6.55. The topological polar surface area (TPSA) is 12.0 Å². The fraction of sp³-hybridized carbons (Fsp3) is 0.333. The van der Waals surface area contributed by atoms with E-state index in [1.54, 1.807) is 0 Å². The molecule has 1 N–H and O–H groups in total. The fourth-order valence-corrected chi connectivity index (χ4v) is 5.06. The Morgan fingerprint density at radius 3 is 2.62 bits per heavy atom. The van der Waals surface area contributed by atoms with Crippen molar-refractivity contribution in [2.45, 2.75) is 34.4 Å². The molecule has 3 heteroatoms. The van der Waals surface area contributed by atoms with Crippen molar-refractivity contribution in [2.24, 2.45) is 0 Å². The van der Waals surface area contributed by atoms with Gasteiger partial charge < -0.3 is 5.32 Å². The number of fused-ring (bicyclic) bond motifs is 2. The SMILES string of the molecule is ClC1Cc2ccccc2C1NCC1Cc2ccccc2S1. The Labute approximate surface area is 135 Å². The van der Waals surface area contributed by atoms with Crippen molar-refractivity contribution in [3.63, 3.8) is 0 Å². The number of halogens is 1. The minimum atomic E-state index is 0.177. The maximum absolute atomic E-state index is 6.55. The van der Waals surface area contributed by atoms with Gasteiger partial charge in [0.05, 0.1) is 5.38 Å². The van der Waals surface area contributed by atoms with Crippen LogP contribution in [0.15, 0.2) is 53.4 Å². The fourth-order valence-electron chi connectivity index (χ4n) is 3.41. The molecule has 0 amide bonds. The minimum absolute atomic E-state index is 0.177. The highest BCUT2D eigenvalue weighted by Crippen LogP contribution is 2.38. The first-order valence-electron chi connectivity index (χ1n) is 7.51. The summed E-state index contributed by atoms with van der Waals surface area (Å²) < 4.78 is 0. The van der Waals surface area contributed by atoms with Crippen LogP contribution in [0.5, 0.6) is 0 Å². The Morgan fingerprint density at radius 2 is 1.76 bits per heavy atom. The predicted octanol–water partition coefficient (Wildman–Crippen LogP) is 4.20. The number of benzene rings is 2. The summed E-state index contributed by atoms with van der Waals surface area (Å²) >= 11 is 8.55. The number of hydrogen-bond donors (Lipinski definition) is 1. The van der Waals surface area contributed by atoms with Gasteiger partial charge in [-0.3, -0.25) is 0 Å². The third kappa shape index (κ3) is 2.61. The maximum Gasteiger partial charge on any atom is 0.0571 e. The zero-order valence-electron chi connectivity index (χ0n) is 11.8. The molecular formula is C18H18ClNS. The summed E-state index contributed by atoms with van der Waals surface area (Å²) in [6, 6.07) is 17.7. The minimum Gasteiger partial charge on any atom is -0.308 e. The molecule has 4 rings (SSSR count). The van der Waals surface area contributed by atoms with Gasteiger partial charge in [0.2, 0.25) is 0 Å². The van der Waals surface area contributed by atoms with Crippen molar-refractivity contribution in [2.75, 3.05) is 6.54 Å². The molecule has 0 bridgehead atoms. The van der Waals surface area contributed by atoms with E-state index in [9.17, 15) is 0 Å². The van der Waals surface area contributed by atoms with Crippen molar-refractivity contribution in [1.29, 1.82) is 0 Å². The zero-order valence-corrected chi connectivity index (χ0v) is 13.3. The molecular weight excluding hydrogens is 298 g/mol. The number of thioether (sulfide) groups is 1. The summed E-state index contributed by atoms with van der Waals surface area (Å²) in [6.45, 7) is 1.02. The summed E-state index contributed by atoms with van der Waals surface area (Å²) in [7, 11) is 0. The Morgan fingerprint density at radius 1 is 1.00 bits per heavy atom. The van der Waals surface area contributed by atoms with E-state index in [1.807, 2.05) is 11.8 Å². The van der Waals surface area contributed by atoms with Crippen LogP contribution in [0.3, 0.4) is 0 Å². The van der Waals surface area contributed by atoms with Crippen molar-refractivity contribution in [3.8, 4) is 0 Å². The van der Waals surface area contributed by atoms with Gasteiger partial charge in [-0.25, -0.2) is 0 Å². The summed E-state index contributed by atoms with van der Waals surface area (Å²) in [5.41, 5.74) is 4.28. The number of hydrogen-bond acceptors (Lipinski definition) is 2. The number of alkyl halides is 1. The van der Waals surface area contributed by atoms with Crippen LogP contribution in [-0.4, -0.2) is 17.2 Å². The second kappa shape index (κ2) is 5.68. The first kappa shape index (κ1) is 13.7. The van der Waals surface area contributed by atoms with Crippen LogP contribution in [0.1, 0.15) is 22.7 Å². The Balaban J connectivity index is 1.42. The molecule has 1 heterocycles. The van der Waals surface area contributed by atoms with Crippen molar-refractivity contribution < 1.29 is 0 Å². The van der Waals surface area contributed by atoms with Gasteiger partial charge in [0.15, 0.2) is 0 Å². The van der Waals surface area contributed by atoms with E-state index in [1.165, 1.54) is 21.6 Å². The van der Waals surface area contributed by atoms with Gasteiger partial charge in [-0.05, 0) is 35.6 Å². The van der Waals surface area contributed by atoms with Crippen LogP contribution in [0.4, 0.5) is 0 Å². The average Bonchev–Trinajstić information content (AvgIpc) is 3.04. The molecule has 0 radical (unpaired) electrons. The third-order valence-corrected chi connectivity index (χ3v) is 6.17. The molecule has 108 valence electrons. The van der Waals surface area contributed by atoms with Gasteiger partial charge in [-0.2, -0.15) is 0 Å². The van der Waals surface area contributed by atoms with Crippen LogP contribution >= 0.6 is 23.4 Å². The van der Waals surface area contributed by atoms with E-state index in [-0.39, 0.29) is 5.38 Å². The van der Waals surface area contributed by atoms with E-state index in [0.29, 0.717) is 11.3 Å². The second-order valence-electron chi connectivity index (χ2n) is 5.86. The molecule has 3 atom stereocenters. The molecule has 0 spiro atoms. The lowest BCUT2D eigenvalue weighted by Crippen LogP contribution is -2.31. The highest BCUT2D eigenvalue weighted by Gasteiger charge is 2.31. The van der Waals surface area contributed by atoms with E-state index >= 15 is 0 Å². The van der Waals surface area contributed by atoms with E-state index in [4.69, 9.17) is 11.6 Å². The number of rotatable bonds is 3. The molecule has 21 heavy (non-hydrogen) atoms. The van der Waals surface area contributed by atoms with E-state index < -0.39 is 0 Å². The molecule has 0 saturated carbocycles. The lowest BCUT2D eigenvalue weighted by atomic mass is 10.1. The summed E-state index contributed by atoms with van der Waals surface area (Å²) in [6.07, 6.45) is 2.14. The molecule has 1 aliphatic carbocycles. The molecule has 1 nitrogen and oxygen atoms in total. The Hall–Kier alpha value is -0.960. The van der Waals surface area contributed by atoms with Gasteiger partial charge in [-0.15, -0.1) is 23.4 Å². The van der Waals surface area contributed by atoms with Gasteiger partial charge in [-0.1, -0.05) is 42.5 Å². The summed E-state index contributed by atoms with van der Waals surface area (Å²) in [5, 5.41) is 4.51. The predicted molar refractivity (Wildman–Crippen MR) is 90.3 cm³/mol. The normalized spacial score (nSPS) is 26.6.